The van der Waals surface area contributed by atoms with Crippen molar-refractivity contribution in [3.63, 3.8) is 0 Å². The molecular weight excluding hydrogens is 308 g/mol. The molecule has 2 bridgehead atoms. The third-order valence-electron chi connectivity index (χ3n) is 6.75. The fourth-order valence-electron chi connectivity index (χ4n) is 5.78. The molecule has 0 amide bonds. The van der Waals surface area contributed by atoms with Crippen molar-refractivity contribution in [1.82, 2.24) is 5.32 Å². The van der Waals surface area contributed by atoms with Gasteiger partial charge in [0, 0.05) is 41.2 Å². The van der Waals surface area contributed by atoms with E-state index in [1.54, 1.807) is 0 Å². The van der Waals surface area contributed by atoms with Crippen LogP contribution in [0.2, 0.25) is 0 Å². The monoisotopic (exact) mass is 334 g/mol. The molecule has 1 aromatic rings. The number of carbonyl (C=O) groups is 1. The molecule has 3 aliphatic rings. The average Bonchev–Trinajstić information content (AvgIpc) is 3.12. The van der Waals surface area contributed by atoms with Gasteiger partial charge in [-0.3, -0.25) is 9.79 Å². The summed E-state index contributed by atoms with van der Waals surface area (Å²) < 4.78 is 0. The summed E-state index contributed by atoms with van der Waals surface area (Å²) in [6.07, 6.45) is 2.19. The van der Waals surface area contributed by atoms with E-state index in [1.165, 1.54) is 0 Å². The van der Waals surface area contributed by atoms with Crippen molar-refractivity contribution in [3.8, 4) is 11.8 Å². The molecule has 0 aromatic heterocycles. The quantitative estimate of drug-likeness (QED) is 0.801. The van der Waals surface area contributed by atoms with Crippen LogP contribution >= 0.6 is 0 Å². The summed E-state index contributed by atoms with van der Waals surface area (Å²) in [7, 11) is 1.85. The topological polar surface area (TPSA) is 41.5 Å². The van der Waals surface area contributed by atoms with Crippen LogP contribution in [0.5, 0.6) is 0 Å². The zero-order chi connectivity index (χ0) is 18.0. The summed E-state index contributed by atoms with van der Waals surface area (Å²) in [5.41, 5.74) is 4.24. The van der Waals surface area contributed by atoms with E-state index in [9.17, 15) is 4.79 Å². The van der Waals surface area contributed by atoms with Crippen molar-refractivity contribution in [1.29, 1.82) is 0 Å². The molecule has 0 spiro atoms. The molecular formula is C22H26N2O. The fraction of sp³-hybridized carbons (Fsp3) is 0.545. The lowest BCUT2D eigenvalue weighted by Gasteiger charge is -2.32. The number of hydrogen-bond acceptors (Lipinski definition) is 3. The first-order chi connectivity index (χ1) is 11.8. The summed E-state index contributed by atoms with van der Waals surface area (Å²) >= 11 is 0. The van der Waals surface area contributed by atoms with Crippen LogP contribution in [0.15, 0.2) is 23.2 Å². The summed E-state index contributed by atoms with van der Waals surface area (Å²) in [6.45, 7) is 8.43. The standard InChI is InChI=1S/C22H26N2O/c1-6-7-14-8-9-15(13(2)12-14)16-19(23-5)17-18(20(16)25)22(4)11-10-21(17,3)24-22/h8-9,12,16-18,24H,10-11H2,1-5H3/t16?,17-,18+,21?,22?/m1/s1. The minimum absolute atomic E-state index is 0.000200. The summed E-state index contributed by atoms with van der Waals surface area (Å²) in [4.78, 5) is 18.2. The molecule has 3 nitrogen and oxygen atoms in total. The van der Waals surface area contributed by atoms with Gasteiger partial charge in [0.2, 0.25) is 0 Å². The van der Waals surface area contributed by atoms with E-state index in [0.717, 1.165) is 35.2 Å². The number of hydrogen-bond donors (Lipinski definition) is 1. The second kappa shape index (κ2) is 5.29. The van der Waals surface area contributed by atoms with Crippen LogP contribution in [0.1, 0.15) is 56.2 Å². The molecule has 25 heavy (non-hydrogen) atoms. The minimum Gasteiger partial charge on any atom is -0.305 e. The van der Waals surface area contributed by atoms with Crippen LogP contribution in [-0.4, -0.2) is 29.6 Å². The molecule has 1 aromatic carbocycles. The molecule has 2 aliphatic heterocycles. The first kappa shape index (κ1) is 16.5. The van der Waals surface area contributed by atoms with Gasteiger partial charge in [-0.1, -0.05) is 12.0 Å². The average molecular weight is 334 g/mol. The number of benzene rings is 1. The van der Waals surface area contributed by atoms with Crippen molar-refractivity contribution >= 4 is 11.5 Å². The van der Waals surface area contributed by atoms with Crippen LogP contribution in [0.3, 0.4) is 0 Å². The highest BCUT2D eigenvalue weighted by atomic mass is 16.1. The van der Waals surface area contributed by atoms with Crippen LogP contribution in [-0.2, 0) is 4.79 Å². The lowest BCUT2D eigenvalue weighted by Crippen LogP contribution is -2.44. The van der Waals surface area contributed by atoms with Crippen LogP contribution in [0, 0.1) is 30.6 Å². The smallest absolute Gasteiger partial charge is 0.151 e. The molecule has 130 valence electrons. The first-order valence-electron chi connectivity index (χ1n) is 9.17. The minimum atomic E-state index is -0.192. The Morgan fingerprint density at radius 2 is 1.88 bits per heavy atom. The predicted molar refractivity (Wildman–Crippen MR) is 101 cm³/mol. The van der Waals surface area contributed by atoms with Gasteiger partial charge in [0.1, 0.15) is 0 Å². The van der Waals surface area contributed by atoms with E-state index in [-0.39, 0.29) is 28.8 Å². The maximum absolute atomic E-state index is 13.5. The van der Waals surface area contributed by atoms with Gasteiger partial charge >= 0.3 is 0 Å². The molecule has 4 rings (SSSR count). The second-order valence-electron chi connectivity index (χ2n) is 8.35. The molecule has 2 saturated heterocycles. The van der Waals surface area contributed by atoms with Crippen molar-refractivity contribution < 1.29 is 4.79 Å². The zero-order valence-electron chi connectivity index (χ0n) is 15.7. The van der Waals surface area contributed by atoms with E-state index in [4.69, 9.17) is 0 Å². The third kappa shape index (κ3) is 2.10. The van der Waals surface area contributed by atoms with E-state index >= 15 is 0 Å². The molecule has 3 unspecified atom stereocenters. The molecule has 1 aliphatic carbocycles. The first-order valence-corrected chi connectivity index (χ1v) is 9.17. The van der Waals surface area contributed by atoms with E-state index in [2.05, 4.69) is 55.1 Å². The number of carbonyl (C=O) groups excluding carboxylic acids is 1. The number of fused-ring (bicyclic) bond motifs is 5. The summed E-state index contributed by atoms with van der Waals surface area (Å²) in [5, 5.41) is 3.77. The Kier molecular flexibility index (Phi) is 3.50. The summed E-state index contributed by atoms with van der Waals surface area (Å²) in [5.74, 6) is 6.47. The van der Waals surface area contributed by atoms with Gasteiger partial charge in [-0.25, -0.2) is 0 Å². The predicted octanol–water partition coefficient (Wildman–Crippen LogP) is 3.25. The molecule has 3 heteroatoms. The second-order valence-corrected chi connectivity index (χ2v) is 8.35. The van der Waals surface area contributed by atoms with Gasteiger partial charge in [0.25, 0.3) is 0 Å². The van der Waals surface area contributed by atoms with E-state index < -0.39 is 0 Å². The highest BCUT2D eigenvalue weighted by Crippen LogP contribution is 2.59. The van der Waals surface area contributed by atoms with Gasteiger partial charge in [0.15, 0.2) is 5.78 Å². The Labute approximate surface area is 150 Å². The fourth-order valence-corrected chi connectivity index (χ4v) is 5.78. The van der Waals surface area contributed by atoms with Crippen LogP contribution in [0.4, 0.5) is 0 Å². The maximum Gasteiger partial charge on any atom is 0.151 e. The van der Waals surface area contributed by atoms with Crippen molar-refractivity contribution in [2.75, 3.05) is 7.05 Å². The lowest BCUT2D eigenvalue weighted by atomic mass is 9.69. The molecule has 1 saturated carbocycles. The Bertz CT molecular complexity index is 859. The lowest BCUT2D eigenvalue weighted by molar-refractivity contribution is -0.123. The van der Waals surface area contributed by atoms with E-state index in [1.807, 2.05) is 20.0 Å². The van der Waals surface area contributed by atoms with Gasteiger partial charge in [0.05, 0.1) is 5.92 Å². The third-order valence-corrected chi connectivity index (χ3v) is 6.75. The van der Waals surface area contributed by atoms with Gasteiger partial charge in [-0.15, -0.1) is 5.92 Å². The van der Waals surface area contributed by atoms with Gasteiger partial charge in [-0.2, -0.15) is 0 Å². The Morgan fingerprint density at radius 3 is 2.48 bits per heavy atom. The molecule has 0 radical (unpaired) electrons. The Morgan fingerprint density at radius 1 is 1.20 bits per heavy atom. The number of ketones is 1. The SMILES string of the molecule is CC#Cc1ccc(C2C(=O)[C@@H]3[C@H](C2=NC)C2(C)CCC3(C)N2)c(C)c1. The van der Waals surface area contributed by atoms with Crippen molar-refractivity contribution in [3.05, 3.63) is 34.9 Å². The normalized spacial score (nSPS) is 40.3. The van der Waals surface area contributed by atoms with Crippen LogP contribution < -0.4 is 5.32 Å². The Balaban J connectivity index is 1.82. The van der Waals surface area contributed by atoms with Gasteiger partial charge < -0.3 is 5.32 Å². The number of aryl methyl sites for hydroxylation is 1. The van der Waals surface area contributed by atoms with Crippen LogP contribution in [0.25, 0.3) is 0 Å². The highest BCUT2D eigenvalue weighted by molar-refractivity contribution is 6.20. The number of aliphatic imine (C=N–C) groups is 1. The Hall–Kier alpha value is -1.92. The maximum atomic E-state index is 13.5. The number of rotatable bonds is 1. The largest absolute Gasteiger partial charge is 0.305 e. The number of nitrogens with zero attached hydrogens (tertiary/aromatic N) is 1. The zero-order valence-corrected chi connectivity index (χ0v) is 15.7. The van der Waals surface area contributed by atoms with Crippen molar-refractivity contribution in [2.24, 2.45) is 16.8 Å². The summed E-state index contributed by atoms with van der Waals surface area (Å²) in [6, 6.07) is 6.21. The number of Topliss-reactive ketones (excluding diaryl/α,β-unsaturated/α-hetero) is 1. The number of nitrogens with one attached hydrogen (secondary N) is 1. The van der Waals surface area contributed by atoms with Gasteiger partial charge in [-0.05, 0) is 63.8 Å². The van der Waals surface area contributed by atoms with Crippen molar-refractivity contribution in [2.45, 2.75) is 57.5 Å². The molecule has 2 heterocycles. The highest BCUT2D eigenvalue weighted by Gasteiger charge is 2.69. The molecule has 5 atom stereocenters. The van der Waals surface area contributed by atoms with E-state index in [0.29, 0.717) is 5.78 Å². The molecule has 3 fully saturated rings. The molecule has 1 N–H and O–H groups in total.